The van der Waals surface area contributed by atoms with Crippen molar-refractivity contribution < 1.29 is 31.1 Å². The summed E-state index contributed by atoms with van der Waals surface area (Å²) in [6, 6.07) is 0.00718. The maximum absolute atomic E-state index is 12.3. The number of hydrogen-bond donors (Lipinski definition) is 1. The van der Waals surface area contributed by atoms with E-state index in [1.165, 1.54) is 0 Å². The van der Waals surface area contributed by atoms with Gasteiger partial charge in [-0.05, 0) is 0 Å². The van der Waals surface area contributed by atoms with E-state index in [2.05, 4.69) is 20.7 Å². The van der Waals surface area contributed by atoms with Crippen molar-refractivity contribution in [1.82, 2.24) is 4.98 Å². The zero-order chi connectivity index (χ0) is 14.1. The van der Waals surface area contributed by atoms with Gasteiger partial charge in [0.2, 0.25) is 5.43 Å². The molecule has 102 valence electrons. The number of pyridine rings is 1. The van der Waals surface area contributed by atoms with Crippen molar-refractivity contribution in [2.24, 2.45) is 0 Å². The Labute approximate surface area is 104 Å². The van der Waals surface area contributed by atoms with Crippen molar-refractivity contribution in [3.05, 3.63) is 27.7 Å². The molecule has 1 N–H and O–H groups in total. The van der Waals surface area contributed by atoms with Crippen molar-refractivity contribution in [2.45, 2.75) is 17.9 Å². The maximum Gasteiger partial charge on any atom is 0.573 e. The van der Waals surface area contributed by atoms with Crippen molar-refractivity contribution in [3.8, 4) is 5.75 Å². The molecule has 0 aliphatic carbocycles. The Balaban J connectivity index is 3.34. The number of ether oxygens (including phenoxy) is 1. The van der Waals surface area contributed by atoms with Crippen LogP contribution in [0.15, 0.2) is 10.9 Å². The lowest BCUT2D eigenvalue weighted by Gasteiger charge is -2.13. The van der Waals surface area contributed by atoms with Crippen LogP contribution >= 0.6 is 15.9 Å². The van der Waals surface area contributed by atoms with Gasteiger partial charge in [-0.3, -0.25) is 4.79 Å². The molecule has 0 radical (unpaired) electrons. The SMILES string of the molecule is O=c1cc(C(F)(F)F)[nH]c(CBr)c1OC(F)(F)F. The first kappa shape index (κ1) is 14.9. The smallest absolute Gasteiger partial charge is 0.400 e. The molecule has 10 heteroatoms. The first-order chi connectivity index (χ1) is 8.04. The second kappa shape index (κ2) is 4.82. The lowest BCUT2D eigenvalue weighted by atomic mass is 10.2. The average Bonchev–Trinajstić information content (AvgIpc) is 2.17. The molecule has 0 atom stereocenters. The van der Waals surface area contributed by atoms with Crippen LogP contribution in [0, 0.1) is 0 Å². The average molecular weight is 340 g/mol. The first-order valence-corrected chi connectivity index (χ1v) is 5.32. The summed E-state index contributed by atoms with van der Waals surface area (Å²) in [4.78, 5) is 12.8. The molecule has 0 saturated heterocycles. The predicted molar refractivity (Wildman–Crippen MR) is 51.4 cm³/mol. The molecule has 0 fully saturated rings. The van der Waals surface area contributed by atoms with Crippen molar-refractivity contribution in [2.75, 3.05) is 0 Å². The van der Waals surface area contributed by atoms with E-state index >= 15 is 0 Å². The fraction of sp³-hybridized carbons (Fsp3) is 0.375. The highest BCUT2D eigenvalue weighted by Gasteiger charge is 2.36. The Morgan fingerprint density at radius 1 is 1.22 bits per heavy atom. The minimum Gasteiger partial charge on any atom is -0.400 e. The van der Waals surface area contributed by atoms with Gasteiger partial charge in [-0.15, -0.1) is 13.2 Å². The number of hydrogen-bond acceptors (Lipinski definition) is 2. The molecule has 1 rings (SSSR count). The van der Waals surface area contributed by atoms with Gasteiger partial charge < -0.3 is 9.72 Å². The van der Waals surface area contributed by atoms with Gasteiger partial charge in [-0.1, -0.05) is 15.9 Å². The van der Waals surface area contributed by atoms with Crippen LogP contribution in [0.5, 0.6) is 5.75 Å². The summed E-state index contributed by atoms with van der Waals surface area (Å²) in [5.41, 5.74) is -3.60. The molecule has 0 bridgehead atoms. The summed E-state index contributed by atoms with van der Waals surface area (Å²) >= 11 is 2.67. The molecule has 0 aliphatic heterocycles. The first-order valence-electron chi connectivity index (χ1n) is 4.19. The lowest BCUT2D eigenvalue weighted by molar-refractivity contribution is -0.275. The zero-order valence-electron chi connectivity index (χ0n) is 8.25. The van der Waals surface area contributed by atoms with Gasteiger partial charge >= 0.3 is 12.5 Å². The molecular weight excluding hydrogens is 336 g/mol. The number of aromatic nitrogens is 1. The second-order valence-corrected chi connectivity index (χ2v) is 3.59. The van der Waals surface area contributed by atoms with E-state index in [-0.39, 0.29) is 6.07 Å². The van der Waals surface area contributed by atoms with Crippen LogP contribution in [-0.4, -0.2) is 11.3 Å². The summed E-state index contributed by atoms with van der Waals surface area (Å²) < 4.78 is 76.2. The minimum absolute atomic E-state index is 0.00718. The molecule has 1 aromatic rings. The van der Waals surface area contributed by atoms with Crippen LogP contribution in [0.4, 0.5) is 26.3 Å². The summed E-state index contributed by atoms with van der Waals surface area (Å²) in [7, 11) is 0. The second-order valence-electron chi connectivity index (χ2n) is 3.03. The molecule has 0 saturated carbocycles. The monoisotopic (exact) mass is 339 g/mol. The Bertz CT molecular complexity index is 492. The van der Waals surface area contributed by atoms with Crippen molar-refractivity contribution in [3.63, 3.8) is 0 Å². The number of aromatic amines is 1. The summed E-state index contributed by atoms with van der Waals surface area (Å²) in [6.07, 6.45) is -10.0. The molecule has 0 aromatic carbocycles. The van der Waals surface area contributed by atoms with Gasteiger partial charge in [-0.2, -0.15) is 13.2 Å². The zero-order valence-corrected chi connectivity index (χ0v) is 9.83. The van der Waals surface area contributed by atoms with E-state index in [4.69, 9.17) is 0 Å². The van der Waals surface area contributed by atoms with Crippen LogP contribution < -0.4 is 10.2 Å². The Morgan fingerprint density at radius 2 is 1.78 bits per heavy atom. The highest BCUT2D eigenvalue weighted by atomic mass is 79.9. The molecular formula is C8H4BrF6NO2. The number of nitrogens with one attached hydrogen (secondary N) is 1. The number of halogens is 7. The van der Waals surface area contributed by atoms with Gasteiger partial charge in [0.05, 0.1) is 5.69 Å². The summed E-state index contributed by atoms with van der Waals surface area (Å²) in [5.74, 6) is -1.22. The van der Waals surface area contributed by atoms with Crippen LogP contribution in [0.2, 0.25) is 0 Å². The maximum atomic E-state index is 12.3. The molecule has 0 aliphatic rings. The van der Waals surface area contributed by atoms with E-state index in [9.17, 15) is 31.1 Å². The quantitative estimate of drug-likeness (QED) is 0.664. The van der Waals surface area contributed by atoms with E-state index in [1.807, 2.05) is 0 Å². The van der Waals surface area contributed by atoms with E-state index in [0.717, 1.165) is 0 Å². The van der Waals surface area contributed by atoms with Gasteiger partial charge in [0.15, 0.2) is 5.75 Å². The molecule has 18 heavy (non-hydrogen) atoms. The van der Waals surface area contributed by atoms with Crippen molar-refractivity contribution in [1.29, 1.82) is 0 Å². The van der Waals surface area contributed by atoms with Gasteiger partial charge in [0.1, 0.15) is 5.69 Å². The van der Waals surface area contributed by atoms with Gasteiger partial charge in [-0.25, -0.2) is 0 Å². The van der Waals surface area contributed by atoms with E-state index < -0.39 is 40.4 Å². The predicted octanol–water partition coefficient (Wildman–Crippen LogP) is 3.19. The van der Waals surface area contributed by atoms with Crippen LogP contribution in [0.25, 0.3) is 0 Å². The third-order valence-electron chi connectivity index (χ3n) is 1.72. The summed E-state index contributed by atoms with van der Waals surface area (Å²) in [5, 5.41) is -0.433. The molecule has 1 heterocycles. The third kappa shape index (κ3) is 3.65. The Hall–Kier alpha value is -1.19. The van der Waals surface area contributed by atoms with Gasteiger partial charge in [0, 0.05) is 11.4 Å². The summed E-state index contributed by atoms with van der Waals surface area (Å²) in [6.45, 7) is 0. The van der Waals surface area contributed by atoms with Crippen LogP contribution in [0.1, 0.15) is 11.4 Å². The lowest BCUT2D eigenvalue weighted by Crippen LogP contribution is -2.25. The van der Waals surface area contributed by atoms with Crippen molar-refractivity contribution >= 4 is 15.9 Å². The molecule has 0 unspecified atom stereocenters. The van der Waals surface area contributed by atoms with Crippen LogP contribution in [0.3, 0.4) is 0 Å². The normalized spacial score (nSPS) is 12.6. The molecule has 3 nitrogen and oxygen atoms in total. The molecule has 1 aromatic heterocycles. The standard InChI is InChI=1S/C8H4BrF6NO2/c9-2-3-6(18-8(13,14)15)4(17)1-5(16-3)7(10,11)12/h1H,2H2,(H,16,17). The molecule has 0 amide bonds. The number of alkyl halides is 7. The number of H-pyrrole nitrogens is 1. The topological polar surface area (TPSA) is 42.1 Å². The van der Waals surface area contributed by atoms with Gasteiger partial charge in [0.25, 0.3) is 0 Å². The minimum atomic E-state index is -5.16. The van der Waals surface area contributed by atoms with Crippen LogP contribution in [-0.2, 0) is 11.5 Å². The largest absolute Gasteiger partial charge is 0.573 e. The molecule has 0 spiro atoms. The Morgan fingerprint density at radius 3 is 2.17 bits per heavy atom. The number of rotatable bonds is 2. The van der Waals surface area contributed by atoms with E-state index in [1.54, 1.807) is 4.98 Å². The fourth-order valence-corrected chi connectivity index (χ4v) is 1.47. The third-order valence-corrected chi connectivity index (χ3v) is 2.28. The highest BCUT2D eigenvalue weighted by molar-refractivity contribution is 9.08. The highest BCUT2D eigenvalue weighted by Crippen LogP contribution is 2.30. The Kier molecular flexibility index (Phi) is 3.99. The van der Waals surface area contributed by atoms with E-state index in [0.29, 0.717) is 0 Å². The fourth-order valence-electron chi connectivity index (χ4n) is 1.08.